The van der Waals surface area contributed by atoms with Gasteiger partial charge in [0.15, 0.2) is 0 Å². The Morgan fingerprint density at radius 3 is 1.81 bits per heavy atom. The molecule has 0 aliphatic carbocycles. The molecular formula is C28H53N3O6. The van der Waals surface area contributed by atoms with Crippen LogP contribution in [0.1, 0.15) is 130 Å². The standard InChI is InChI=1S/C28H53N3O6/c1-5-6-13-20-25(33)31-23(26(34)35)18-15-17-21-29-24(32)19-14-11-9-7-8-10-12-16-22-30-27(36)37-28(2,3)4/h23H,5-22H2,1-4H3,(H,29,32)(H,30,36)(H,31,33)(H,34,35)/t23-/m0/s1. The molecule has 0 heterocycles. The van der Waals surface area contributed by atoms with Gasteiger partial charge in [-0.1, -0.05) is 58.3 Å². The Morgan fingerprint density at radius 1 is 0.703 bits per heavy atom. The Hall–Kier alpha value is -2.32. The van der Waals surface area contributed by atoms with Crippen molar-refractivity contribution in [3.05, 3.63) is 0 Å². The summed E-state index contributed by atoms with van der Waals surface area (Å²) in [5.74, 6) is -1.18. The van der Waals surface area contributed by atoms with Gasteiger partial charge in [0.2, 0.25) is 11.8 Å². The van der Waals surface area contributed by atoms with E-state index in [1.165, 1.54) is 0 Å². The molecule has 3 amide bonds. The number of hydrogen-bond donors (Lipinski definition) is 4. The van der Waals surface area contributed by atoms with E-state index in [1.807, 2.05) is 20.8 Å². The van der Waals surface area contributed by atoms with E-state index in [0.29, 0.717) is 45.2 Å². The molecule has 216 valence electrons. The minimum absolute atomic E-state index is 0.0384. The number of aliphatic carboxylic acids is 1. The number of hydrogen-bond acceptors (Lipinski definition) is 5. The topological polar surface area (TPSA) is 134 Å². The van der Waals surface area contributed by atoms with Crippen LogP contribution in [0.3, 0.4) is 0 Å². The summed E-state index contributed by atoms with van der Waals surface area (Å²) in [5, 5.41) is 17.6. The Morgan fingerprint density at radius 2 is 1.22 bits per heavy atom. The van der Waals surface area contributed by atoms with Crippen molar-refractivity contribution in [2.75, 3.05) is 13.1 Å². The number of alkyl carbamates (subject to hydrolysis) is 1. The van der Waals surface area contributed by atoms with Gasteiger partial charge in [0.05, 0.1) is 0 Å². The summed E-state index contributed by atoms with van der Waals surface area (Å²) < 4.78 is 5.20. The number of rotatable bonds is 22. The van der Waals surface area contributed by atoms with E-state index in [4.69, 9.17) is 4.74 Å². The number of carbonyl (C=O) groups is 4. The minimum Gasteiger partial charge on any atom is -0.480 e. The molecule has 0 aliphatic heterocycles. The highest BCUT2D eigenvalue weighted by atomic mass is 16.6. The second kappa shape index (κ2) is 21.7. The lowest BCUT2D eigenvalue weighted by atomic mass is 10.1. The van der Waals surface area contributed by atoms with Crippen LogP contribution in [0.25, 0.3) is 0 Å². The second-order valence-electron chi connectivity index (χ2n) is 10.8. The summed E-state index contributed by atoms with van der Waals surface area (Å²) in [6.07, 6.45) is 13.5. The molecule has 9 nitrogen and oxygen atoms in total. The average Bonchev–Trinajstić information content (AvgIpc) is 2.80. The van der Waals surface area contributed by atoms with Gasteiger partial charge in [0.1, 0.15) is 11.6 Å². The molecule has 0 spiro atoms. The van der Waals surface area contributed by atoms with Crippen LogP contribution in [-0.2, 0) is 19.1 Å². The van der Waals surface area contributed by atoms with Crippen molar-refractivity contribution in [2.24, 2.45) is 0 Å². The van der Waals surface area contributed by atoms with Gasteiger partial charge in [0.25, 0.3) is 0 Å². The molecule has 0 saturated heterocycles. The molecule has 0 aromatic carbocycles. The fourth-order valence-corrected chi connectivity index (χ4v) is 3.82. The van der Waals surface area contributed by atoms with E-state index < -0.39 is 17.6 Å². The number of amides is 3. The molecule has 0 aliphatic rings. The number of nitrogens with one attached hydrogen (secondary N) is 3. The van der Waals surface area contributed by atoms with Crippen molar-refractivity contribution in [1.82, 2.24) is 16.0 Å². The van der Waals surface area contributed by atoms with Gasteiger partial charge in [-0.25, -0.2) is 9.59 Å². The molecule has 4 N–H and O–H groups in total. The van der Waals surface area contributed by atoms with Gasteiger partial charge >= 0.3 is 12.1 Å². The first-order chi connectivity index (χ1) is 17.5. The largest absolute Gasteiger partial charge is 0.480 e. The second-order valence-corrected chi connectivity index (χ2v) is 10.8. The van der Waals surface area contributed by atoms with Crippen LogP contribution in [0.15, 0.2) is 0 Å². The molecule has 0 radical (unpaired) electrons. The number of carbonyl (C=O) groups excluding carboxylic acids is 3. The van der Waals surface area contributed by atoms with Gasteiger partial charge in [-0.3, -0.25) is 9.59 Å². The fraction of sp³-hybridized carbons (Fsp3) is 0.857. The highest BCUT2D eigenvalue weighted by Crippen LogP contribution is 2.10. The lowest BCUT2D eigenvalue weighted by molar-refractivity contribution is -0.142. The molecule has 0 aromatic heterocycles. The summed E-state index contributed by atoms with van der Waals surface area (Å²) in [5.41, 5.74) is -0.466. The SMILES string of the molecule is CCCCCC(=O)N[C@@H](CCCCNC(=O)CCCCCCCCCCNC(=O)OC(C)(C)C)C(=O)O. The highest BCUT2D eigenvalue weighted by Gasteiger charge is 2.19. The van der Waals surface area contributed by atoms with Crippen LogP contribution in [0.4, 0.5) is 4.79 Å². The van der Waals surface area contributed by atoms with Crippen LogP contribution in [0.2, 0.25) is 0 Å². The first-order valence-electron chi connectivity index (χ1n) is 14.3. The molecule has 37 heavy (non-hydrogen) atoms. The molecular weight excluding hydrogens is 474 g/mol. The maximum Gasteiger partial charge on any atom is 0.407 e. The smallest absolute Gasteiger partial charge is 0.407 e. The van der Waals surface area contributed by atoms with Gasteiger partial charge in [-0.15, -0.1) is 0 Å². The average molecular weight is 528 g/mol. The Kier molecular flexibility index (Phi) is 20.4. The van der Waals surface area contributed by atoms with E-state index >= 15 is 0 Å². The lowest BCUT2D eigenvalue weighted by Gasteiger charge is -2.19. The summed E-state index contributed by atoms with van der Waals surface area (Å²) in [6, 6.07) is -0.862. The number of carboxylic acid groups (broad SMARTS) is 1. The van der Waals surface area contributed by atoms with Crippen LogP contribution >= 0.6 is 0 Å². The molecule has 0 unspecified atom stereocenters. The van der Waals surface area contributed by atoms with E-state index in [2.05, 4.69) is 22.9 Å². The molecule has 0 saturated carbocycles. The normalized spacial score (nSPS) is 12.0. The quantitative estimate of drug-likeness (QED) is 0.138. The van der Waals surface area contributed by atoms with Gasteiger partial charge in [-0.2, -0.15) is 0 Å². The van der Waals surface area contributed by atoms with Crippen LogP contribution in [0.5, 0.6) is 0 Å². The van der Waals surface area contributed by atoms with Crippen molar-refractivity contribution in [3.8, 4) is 0 Å². The molecule has 0 bridgehead atoms. The molecule has 0 rings (SSSR count). The maximum atomic E-state index is 12.0. The monoisotopic (exact) mass is 527 g/mol. The summed E-state index contributed by atoms with van der Waals surface area (Å²) >= 11 is 0. The van der Waals surface area contributed by atoms with Crippen molar-refractivity contribution >= 4 is 23.9 Å². The third-order valence-corrected chi connectivity index (χ3v) is 5.88. The van der Waals surface area contributed by atoms with Crippen molar-refractivity contribution in [3.63, 3.8) is 0 Å². The molecule has 0 fully saturated rings. The third-order valence-electron chi connectivity index (χ3n) is 5.88. The number of ether oxygens (including phenoxy) is 1. The summed E-state index contributed by atoms with van der Waals surface area (Å²) in [6.45, 7) is 8.77. The van der Waals surface area contributed by atoms with Crippen LogP contribution in [-0.4, -0.2) is 53.7 Å². The molecule has 9 heteroatoms. The van der Waals surface area contributed by atoms with E-state index in [1.54, 1.807) is 0 Å². The number of carboxylic acids is 1. The van der Waals surface area contributed by atoms with Gasteiger partial charge < -0.3 is 25.8 Å². The Labute approximate surface area is 224 Å². The molecule has 0 aromatic rings. The third kappa shape index (κ3) is 23.8. The van der Waals surface area contributed by atoms with Crippen molar-refractivity contribution in [2.45, 2.75) is 142 Å². The molecule has 1 atom stereocenters. The summed E-state index contributed by atoms with van der Waals surface area (Å²) in [4.78, 5) is 46.7. The fourth-order valence-electron chi connectivity index (χ4n) is 3.82. The lowest BCUT2D eigenvalue weighted by Crippen LogP contribution is -2.40. The van der Waals surface area contributed by atoms with Crippen LogP contribution < -0.4 is 16.0 Å². The first-order valence-corrected chi connectivity index (χ1v) is 14.3. The Bertz CT molecular complexity index is 648. The van der Waals surface area contributed by atoms with E-state index in [9.17, 15) is 24.3 Å². The zero-order chi connectivity index (χ0) is 27.9. The van der Waals surface area contributed by atoms with Gasteiger partial charge in [-0.05, 0) is 59.3 Å². The van der Waals surface area contributed by atoms with Gasteiger partial charge in [0, 0.05) is 25.9 Å². The highest BCUT2D eigenvalue weighted by molar-refractivity contribution is 5.83. The summed E-state index contributed by atoms with van der Waals surface area (Å²) in [7, 11) is 0. The van der Waals surface area contributed by atoms with E-state index in [-0.39, 0.29) is 17.9 Å². The number of unbranched alkanes of at least 4 members (excludes halogenated alkanes) is 10. The predicted octanol–water partition coefficient (Wildman–Crippen LogP) is 5.46. The predicted molar refractivity (Wildman–Crippen MR) is 146 cm³/mol. The zero-order valence-corrected chi connectivity index (χ0v) is 23.8. The maximum absolute atomic E-state index is 12.0. The van der Waals surface area contributed by atoms with Crippen molar-refractivity contribution in [1.29, 1.82) is 0 Å². The zero-order valence-electron chi connectivity index (χ0n) is 23.8. The first kappa shape index (κ1) is 34.7. The van der Waals surface area contributed by atoms with E-state index in [0.717, 1.165) is 70.6 Å². The Balaban J connectivity index is 3.60. The van der Waals surface area contributed by atoms with Crippen LogP contribution in [0, 0.1) is 0 Å². The minimum atomic E-state index is -1.01. The van der Waals surface area contributed by atoms with Crippen molar-refractivity contribution < 1.29 is 29.0 Å².